The highest BCUT2D eigenvalue weighted by atomic mass is 19.4. The van der Waals surface area contributed by atoms with Crippen molar-refractivity contribution in [2.45, 2.75) is 31.1 Å². The van der Waals surface area contributed by atoms with Crippen LogP contribution in [0.15, 0.2) is 61.2 Å². The summed E-state index contributed by atoms with van der Waals surface area (Å²) >= 11 is 0. The number of hydrogen-bond acceptors (Lipinski definition) is 7. The van der Waals surface area contributed by atoms with Crippen LogP contribution in [0.5, 0.6) is 17.2 Å². The first-order valence-corrected chi connectivity index (χ1v) is 11.7. The van der Waals surface area contributed by atoms with Crippen LogP contribution in [-0.4, -0.2) is 47.6 Å². The molecule has 2 heterocycles. The van der Waals surface area contributed by atoms with Crippen LogP contribution < -0.4 is 20.1 Å². The van der Waals surface area contributed by atoms with Gasteiger partial charge in [0.1, 0.15) is 34.7 Å². The predicted molar refractivity (Wildman–Crippen MR) is 129 cm³/mol. The molecule has 2 amide bonds. The van der Waals surface area contributed by atoms with Gasteiger partial charge >= 0.3 is 6.18 Å². The molecule has 2 N–H and O–H groups in total. The van der Waals surface area contributed by atoms with E-state index in [4.69, 9.17) is 14.2 Å². The molecular weight excluding hydrogens is 505 g/mol. The SMILES string of the molecule is COc1ccc(Oc2ccc(CNC(=O)C3(NC(=O)c4cncnc4)CCOCC3)cc2)c(C(F)(F)F)c1. The van der Waals surface area contributed by atoms with E-state index >= 15 is 0 Å². The van der Waals surface area contributed by atoms with Gasteiger partial charge in [0.2, 0.25) is 5.91 Å². The number of benzene rings is 2. The molecule has 4 rings (SSSR count). The monoisotopic (exact) mass is 530 g/mol. The molecule has 12 heteroatoms. The van der Waals surface area contributed by atoms with E-state index in [-0.39, 0.29) is 48.1 Å². The van der Waals surface area contributed by atoms with Crippen molar-refractivity contribution in [3.05, 3.63) is 77.9 Å². The molecule has 0 aliphatic carbocycles. The van der Waals surface area contributed by atoms with Gasteiger partial charge in [-0.15, -0.1) is 0 Å². The van der Waals surface area contributed by atoms with Crippen LogP contribution in [0.25, 0.3) is 0 Å². The number of aromatic nitrogens is 2. The molecule has 1 aromatic heterocycles. The second-order valence-electron chi connectivity index (χ2n) is 8.56. The van der Waals surface area contributed by atoms with Gasteiger partial charge in [-0.3, -0.25) is 9.59 Å². The van der Waals surface area contributed by atoms with Crippen molar-refractivity contribution in [2.75, 3.05) is 20.3 Å². The van der Waals surface area contributed by atoms with E-state index in [1.807, 2.05) is 0 Å². The van der Waals surface area contributed by atoms with Crippen molar-refractivity contribution in [1.82, 2.24) is 20.6 Å². The zero-order chi connectivity index (χ0) is 27.2. The molecule has 1 saturated heterocycles. The van der Waals surface area contributed by atoms with Crippen molar-refractivity contribution < 1.29 is 37.0 Å². The Morgan fingerprint density at radius 1 is 1.03 bits per heavy atom. The molecule has 0 atom stereocenters. The number of nitrogens with zero attached hydrogens (tertiary/aromatic N) is 2. The summed E-state index contributed by atoms with van der Waals surface area (Å²) in [6.07, 6.45) is -0.0305. The Balaban J connectivity index is 1.41. The van der Waals surface area contributed by atoms with Crippen LogP contribution in [0.2, 0.25) is 0 Å². The molecule has 0 spiro atoms. The lowest BCUT2D eigenvalue weighted by atomic mass is 9.88. The zero-order valence-electron chi connectivity index (χ0n) is 20.4. The summed E-state index contributed by atoms with van der Waals surface area (Å²) in [6, 6.07) is 9.71. The highest BCUT2D eigenvalue weighted by Gasteiger charge is 2.41. The van der Waals surface area contributed by atoms with Gasteiger partial charge in [0, 0.05) is 45.0 Å². The van der Waals surface area contributed by atoms with Crippen LogP contribution in [-0.2, 0) is 22.3 Å². The third kappa shape index (κ3) is 6.38. The highest BCUT2D eigenvalue weighted by molar-refractivity contribution is 5.99. The summed E-state index contributed by atoms with van der Waals surface area (Å²) in [4.78, 5) is 33.6. The lowest BCUT2D eigenvalue weighted by Crippen LogP contribution is -2.61. The summed E-state index contributed by atoms with van der Waals surface area (Å²) in [5.74, 6) is -0.957. The lowest BCUT2D eigenvalue weighted by Gasteiger charge is -2.36. The molecule has 0 radical (unpaired) electrons. The van der Waals surface area contributed by atoms with Crippen LogP contribution in [0, 0.1) is 0 Å². The van der Waals surface area contributed by atoms with E-state index in [1.54, 1.807) is 12.1 Å². The van der Waals surface area contributed by atoms with Gasteiger partial charge in [0.25, 0.3) is 5.91 Å². The van der Waals surface area contributed by atoms with Crippen molar-refractivity contribution in [2.24, 2.45) is 0 Å². The molecule has 2 aromatic carbocycles. The van der Waals surface area contributed by atoms with Crippen molar-refractivity contribution in [3.8, 4) is 17.2 Å². The third-order valence-electron chi connectivity index (χ3n) is 6.05. The Labute approximate surface area is 216 Å². The Hall–Kier alpha value is -4.19. The number of carbonyl (C=O) groups is 2. The Kier molecular flexibility index (Phi) is 8.10. The standard InChI is InChI=1S/C26H25F3N4O5/c1-36-20-6-7-22(21(12-20)26(27,28)29)38-19-4-2-17(3-5-19)13-32-24(35)25(8-10-37-11-9-25)33-23(34)18-14-30-16-31-15-18/h2-7,12,14-16H,8-11,13H2,1H3,(H,32,35)(H,33,34). The summed E-state index contributed by atoms with van der Waals surface area (Å²) in [6.45, 7) is 0.731. The average molecular weight is 531 g/mol. The van der Waals surface area contributed by atoms with Crippen LogP contribution in [0.4, 0.5) is 13.2 Å². The molecule has 1 aliphatic rings. The number of methoxy groups -OCH3 is 1. The van der Waals surface area contributed by atoms with E-state index in [9.17, 15) is 22.8 Å². The van der Waals surface area contributed by atoms with Gasteiger partial charge in [0.15, 0.2) is 0 Å². The minimum absolute atomic E-state index is 0.0614. The molecular formula is C26H25F3N4O5. The van der Waals surface area contributed by atoms with E-state index in [0.29, 0.717) is 18.8 Å². The lowest BCUT2D eigenvalue weighted by molar-refractivity contribution is -0.138. The maximum atomic E-state index is 13.5. The van der Waals surface area contributed by atoms with E-state index in [1.165, 1.54) is 50.1 Å². The number of carbonyl (C=O) groups excluding carboxylic acids is 2. The second kappa shape index (κ2) is 11.5. The number of alkyl halides is 3. The van der Waals surface area contributed by atoms with Crippen molar-refractivity contribution in [1.29, 1.82) is 0 Å². The number of halogens is 3. The third-order valence-corrected chi connectivity index (χ3v) is 6.05. The fourth-order valence-corrected chi connectivity index (χ4v) is 3.93. The minimum atomic E-state index is -4.63. The van der Waals surface area contributed by atoms with E-state index in [0.717, 1.165) is 6.07 Å². The first-order valence-electron chi connectivity index (χ1n) is 11.7. The average Bonchev–Trinajstić information content (AvgIpc) is 2.93. The molecule has 1 fully saturated rings. The molecule has 3 aromatic rings. The fourth-order valence-electron chi connectivity index (χ4n) is 3.93. The number of nitrogens with one attached hydrogen (secondary N) is 2. The number of rotatable bonds is 8. The van der Waals surface area contributed by atoms with Crippen molar-refractivity contribution >= 4 is 11.8 Å². The summed E-state index contributed by atoms with van der Waals surface area (Å²) in [5.41, 5.74) is -1.22. The first kappa shape index (κ1) is 26.9. The van der Waals surface area contributed by atoms with E-state index < -0.39 is 23.2 Å². The zero-order valence-corrected chi connectivity index (χ0v) is 20.4. The van der Waals surface area contributed by atoms with Gasteiger partial charge < -0.3 is 24.8 Å². The normalized spacial score (nSPS) is 14.8. The molecule has 9 nitrogen and oxygen atoms in total. The van der Waals surface area contributed by atoms with Gasteiger partial charge in [-0.25, -0.2) is 9.97 Å². The fraction of sp³-hybridized carbons (Fsp3) is 0.308. The molecule has 1 aliphatic heterocycles. The number of hydrogen-bond donors (Lipinski definition) is 2. The van der Waals surface area contributed by atoms with Crippen LogP contribution in [0.1, 0.15) is 34.3 Å². The molecule has 0 bridgehead atoms. The van der Waals surface area contributed by atoms with Crippen LogP contribution >= 0.6 is 0 Å². The number of amides is 2. The molecule has 38 heavy (non-hydrogen) atoms. The second-order valence-corrected chi connectivity index (χ2v) is 8.56. The quantitative estimate of drug-likeness (QED) is 0.455. The van der Waals surface area contributed by atoms with Gasteiger partial charge in [-0.1, -0.05) is 12.1 Å². The Morgan fingerprint density at radius 3 is 2.32 bits per heavy atom. The smallest absolute Gasteiger partial charge is 0.420 e. The summed E-state index contributed by atoms with van der Waals surface area (Å²) < 4.78 is 56.1. The topological polar surface area (TPSA) is 112 Å². The summed E-state index contributed by atoms with van der Waals surface area (Å²) in [7, 11) is 1.28. The molecule has 0 saturated carbocycles. The van der Waals surface area contributed by atoms with Gasteiger partial charge in [0.05, 0.1) is 12.7 Å². The maximum absolute atomic E-state index is 13.5. The van der Waals surface area contributed by atoms with Crippen LogP contribution in [0.3, 0.4) is 0 Å². The van der Waals surface area contributed by atoms with E-state index in [2.05, 4.69) is 20.6 Å². The highest BCUT2D eigenvalue weighted by Crippen LogP contribution is 2.40. The largest absolute Gasteiger partial charge is 0.497 e. The first-order chi connectivity index (χ1) is 18.2. The Morgan fingerprint density at radius 2 is 1.68 bits per heavy atom. The molecule has 0 unspecified atom stereocenters. The predicted octanol–water partition coefficient (Wildman–Crippen LogP) is 3.89. The maximum Gasteiger partial charge on any atom is 0.420 e. The van der Waals surface area contributed by atoms with Crippen molar-refractivity contribution in [3.63, 3.8) is 0 Å². The Bertz CT molecular complexity index is 1260. The van der Waals surface area contributed by atoms with Gasteiger partial charge in [-0.2, -0.15) is 13.2 Å². The summed E-state index contributed by atoms with van der Waals surface area (Å²) in [5, 5.41) is 5.65. The van der Waals surface area contributed by atoms with Gasteiger partial charge in [-0.05, 0) is 35.9 Å². The molecule has 200 valence electrons. The number of ether oxygens (including phenoxy) is 3. The minimum Gasteiger partial charge on any atom is -0.497 e.